The van der Waals surface area contributed by atoms with E-state index in [0.717, 1.165) is 12.3 Å². The lowest BCUT2D eigenvalue weighted by molar-refractivity contribution is -0.118. The number of carbonyl (C=O) groups excluding carboxylic acids is 1. The van der Waals surface area contributed by atoms with Crippen molar-refractivity contribution >= 4 is 22.8 Å². The van der Waals surface area contributed by atoms with Gasteiger partial charge in [0, 0.05) is 5.75 Å². The molecule has 1 aliphatic heterocycles. The molecule has 0 saturated carbocycles. The van der Waals surface area contributed by atoms with Crippen molar-refractivity contribution in [2.75, 3.05) is 18.8 Å². The van der Waals surface area contributed by atoms with Gasteiger partial charge in [-0.25, -0.2) is 0 Å². The van der Waals surface area contributed by atoms with E-state index in [1.54, 1.807) is 11.8 Å². The number of nitrogens with two attached hydrogens (primary N) is 1. The molecule has 3 N–H and O–H groups in total. The second-order valence-corrected chi connectivity index (χ2v) is 2.87. The van der Waals surface area contributed by atoms with Crippen LogP contribution < -0.4 is 11.1 Å². The van der Waals surface area contributed by atoms with Crippen LogP contribution in [0.1, 0.15) is 0 Å². The highest BCUT2D eigenvalue weighted by Crippen LogP contribution is 2.08. The summed E-state index contributed by atoms with van der Waals surface area (Å²) in [6.45, 7) is 0.824. The average molecular weight is 159 g/mol. The molecule has 5 heteroatoms. The number of nitrogens with one attached hydrogen (secondary N) is 1. The molecule has 1 rings (SSSR count). The lowest BCUT2D eigenvalue weighted by atomic mass is 10.6. The van der Waals surface area contributed by atoms with Crippen LogP contribution in [0.3, 0.4) is 0 Å². The van der Waals surface area contributed by atoms with Crippen LogP contribution in [0, 0.1) is 0 Å². The first kappa shape index (κ1) is 7.56. The third-order valence-electron chi connectivity index (χ3n) is 1.02. The number of nitrogens with zero attached hydrogens (tertiary/aromatic N) is 1. The summed E-state index contributed by atoms with van der Waals surface area (Å²) in [5.41, 5.74) is 5.07. The molecule has 0 aromatic carbocycles. The maximum absolute atomic E-state index is 10.6. The number of hydrogen-bond acceptors (Lipinski definition) is 4. The van der Waals surface area contributed by atoms with Crippen molar-refractivity contribution in [3.8, 4) is 0 Å². The summed E-state index contributed by atoms with van der Waals surface area (Å²) in [6.07, 6.45) is 0. The molecule has 56 valence electrons. The second kappa shape index (κ2) is 3.58. The van der Waals surface area contributed by atoms with Crippen LogP contribution in [-0.2, 0) is 4.79 Å². The largest absolute Gasteiger partial charge is 0.322 e. The fourth-order valence-electron chi connectivity index (χ4n) is 0.581. The van der Waals surface area contributed by atoms with Gasteiger partial charge in [-0.2, -0.15) is 0 Å². The van der Waals surface area contributed by atoms with Crippen LogP contribution in [0.4, 0.5) is 0 Å². The van der Waals surface area contributed by atoms with Crippen molar-refractivity contribution in [3.63, 3.8) is 0 Å². The Labute approximate surface area is 63.3 Å². The topological polar surface area (TPSA) is 67.5 Å². The second-order valence-electron chi connectivity index (χ2n) is 1.79. The number of hydrogen-bond donors (Lipinski definition) is 2. The predicted molar refractivity (Wildman–Crippen MR) is 42.0 cm³/mol. The summed E-state index contributed by atoms with van der Waals surface area (Å²) < 4.78 is 0. The van der Waals surface area contributed by atoms with E-state index in [0.29, 0.717) is 5.17 Å². The first-order valence-electron chi connectivity index (χ1n) is 3.00. The molecule has 1 heterocycles. The van der Waals surface area contributed by atoms with E-state index in [2.05, 4.69) is 10.3 Å². The fraction of sp³-hybridized carbons (Fsp3) is 0.600. The van der Waals surface area contributed by atoms with Gasteiger partial charge in [-0.3, -0.25) is 9.79 Å². The maximum Gasteiger partial charge on any atom is 0.239 e. The van der Waals surface area contributed by atoms with Crippen LogP contribution in [0.2, 0.25) is 0 Å². The third kappa shape index (κ3) is 2.00. The average Bonchev–Trinajstić information content (AvgIpc) is 2.40. The Morgan fingerprint density at radius 2 is 2.70 bits per heavy atom. The molecule has 0 radical (unpaired) electrons. The van der Waals surface area contributed by atoms with Crippen molar-refractivity contribution in [1.82, 2.24) is 5.32 Å². The van der Waals surface area contributed by atoms with Crippen LogP contribution in [0.15, 0.2) is 4.99 Å². The SMILES string of the molecule is NCC(=O)NC1=NCCS1. The van der Waals surface area contributed by atoms with Gasteiger partial charge in [0.15, 0.2) is 5.17 Å². The van der Waals surface area contributed by atoms with Crippen LogP contribution in [0.25, 0.3) is 0 Å². The Hall–Kier alpha value is -0.550. The summed E-state index contributed by atoms with van der Waals surface area (Å²) in [7, 11) is 0. The lowest BCUT2D eigenvalue weighted by Gasteiger charge is -1.98. The Morgan fingerprint density at radius 1 is 1.90 bits per heavy atom. The molecule has 0 saturated heterocycles. The lowest BCUT2D eigenvalue weighted by Crippen LogP contribution is -2.33. The summed E-state index contributed by atoms with van der Waals surface area (Å²) >= 11 is 1.55. The van der Waals surface area contributed by atoms with Gasteiger partial charge in [0.05, 0.1) is 13.1 Å². The molecule has 1 aliphatic rings. The van der Waals surface area contributed by atoms with Gasteiger partial charge in [0.2, 0.25) is 5.91 Å². The minimum atomic E-state index is -0.173. The summed E-state index contributed by atoms with van der Waals surface area (Å²) in [5.74, 6) is 0.786. The minimum Gasteiger partial charge on any atom is -0.322 e. The van der Waals surface area contributed by atoms with Gasteiger partial charge in [-0.05, 0) is 0 Å². The zero-order valence-electron chi connectivity index (χ0n) is 5.46. The Kier molecular flexibility index (Phi) is 2.70. The highest BCUT2D eigenvalue weighted by molar-refractivity contribution is 8.14. The minimum absolute atomic E-state index is 0.0274. The molecular weight excluding hydrogens is 150 g/mol. The van der Waals surface area contributed by atoms with Crippen LogP contribution in [0.5, 0.6) is 0 Å². The number of thioether (sulfide) groups is 1. The molecule has 0 aliphatic carbocycles. The smallest absolute Gasteiger partial charge is 0.239 e. The molecule has 0 atom stereocenters. The highest BCUT2D eigenvalue weighted by atomic mass is 32.2. The van der Waals surface area contributed by atoms with Crippen molar-refractivity contribution in [2.24, 2.45) is 10.7 Å². The zero-order valence-corrected chi connectivity index (χ0v) is 6.28. The predicted octanol–water partition coefficient (Wildman–Crippen LogP) is -0.836. The number of carbonyl (C=O) groups is 1. The van der Waals surface area contributed by atoms with Crippen molar-refractivity contribution in [2.45, 2.75) is 0 Å². The van der Waals surface area contributed by atoms with E-state index in [1.807, 2.05) is 0 Å². The molecular formula is C5H9N3OS. The molecule has 0 spiro atoms. The van der Waals surface area contributed by atoms with E-state index in [1.165, 1.54) is 0 Å². The van der Waals surface area contributed by atoms with Gasteiger partial charge in [0.25, 0.3) is 0 Å². The van der Waals surface area contributed by atoms with Gasteiger partial charge in [-0.1, -0.05) is 11.8 Å². The van der Waals surface area contributed by atoms with E-state index in [4.69, 9.17) is 5.73 Å². The maximum atomic E-state index is 10.6. The fourth-order valence-corrected chi connectivity index (χ4v) is 1.33. The molecule has 10 heavy (non-hydrogen) atoms. The van der Waals surface area contributed by atoms with Crippen molar-refractivity contribution < 1.29 is 4.79 Å². The number of amidine groups is 1. The van der Waals surface area contributed by atoms with Crippen LogP contribution >= 0.6 is 11.8 Å². The Balaban J connectivity index is 2.30. The van der Waals surface area contributed by atoms with Gasteiger partial charge in [0.1, 0.15) is 0 Å². The molecule has 4 nitrogen and oxygen atoms in total. The molecule has 0 aromatic heterocycles. The molecule has 0 bridgehead atoms. The number of rotatable bonds is 1. The summed E-state index contributed by atoms with van der Waals surface area (Å²) in [4.78, 5) is 14.7. The van der Waals surface area contributed by atoms with Gasteiger partial charge < -0.3 is 11.1 Å². The molecule has 0 aromatic rings. The van der Waals surface area contributed by atoms with Crippen molar-refractivity contribution in [1.29, 1.82) is 0 Å². The van der Waals surface area contributed by atoms with E-state index in [-0.39, 0.29) is 12.5 Å². The van der Waals surface area contributed by atoms with Crippen molar-refractivity contribution in [3.05, 3.63) is 0 Å². The first-order chi connectivity index (χ1) is 4.83. The van der Waals surface area contributed by atoms with E-state index < -0.39 is 0 Å². The quantitative estimate of drug-likeness (QED) is 0.524. The number of aliphatic imine (C=N–C) groups is 1. The van der Waals surface area contributed by atoms with Crippen LogP contribution in [-0.4, -0.2) is 29.9 Å². The van der Waals surface area contributed by atoms with Gasteiger partial charge >= 0.3 is 0 Å². The zero-order chi connectivity index (χ0) is 7.40. The molecule has 0 fully saturated rings. The molecule has 0 unspecified atom stereocenters. The number of amides is 1. The van der Waals surface area contributed by atoms with E-state index >= 15 is 0 Å². The monoisotopic (exact) mass is 159 g/mol. The third-order valence-corrected chi connectivity index (χ3v) is 1.91. The van der Waals surface area contributed by atoms with Gasteiger partial charge in [-0.15, -0.1) is 0 Å². The van der Waals surface area contributed by atoms with E-state index in [9.17, 15) is 4.79 Å². The molecule has 1 amide bonds. The highest BCUT2D eigenvalue weighted by Gasteiger charge is 2.08. The Morgan fingerprint density at radius 3 is 3.20 bits per heavy atom. The first-order valence-corrected chi connectivity index (χ1v) is 3.98. The normalized spacial score (nSPS) is 16.7. The standard InChI is InChI=1S/C5H9N3OS/c6-3-4(9)8-5-7-1-2-10-5/h1-3,6H2,(H,7,8,9). The summed E-state index contributed by atoms with van der Waals surface area (Å²) in [5, 5.41) is 3.28. The summed E-state index contributed by atoms with van der Waals surface area (Å²) in [6, 6.07) is 0. The Bertz CT molecular complexity index is 168.